The number of halogens is 1. The van der Waals surface area contributed by atoms with Gasteiger partial charge in [-0.3, -0.25) is 4.79 Å². The van der Waals surface area contributed by atoms with E-state index >= 15 is 0 Å². The SMILES string of the molecule is CC(C)(C)c1ccc(NC(=S)N2CCN(C(=O)c3ccc(F)cc3)CC2)cc1. The molecule has 1 fully saturated rings. The lowest BCUT2D eigenvalue weighted by molar-refractivity contribution is 0.0693. The van der Waals surface area contributed by atoms with Crippen molar-refractivity contribution in [3.05, 3.63) is 65.5 Å². The minimum atomic E-state index is -0.340. The van der Waals surface area contributed by atoms with Crippen molar-refractivity contribution in [2.45, 2.75) is 26.2 Å². The van der Waals surface area contributed by atoms with Crippen LogP contribution in [0.5, 0.6) is 0 Å². The van der Waals surface area contributed by atoms with Gasteiger partial charge in [0.2, 0.25) is 0 Å². The van der Waals surface area contributed by atoms with Crippen LogP contribution in [0.25, 0.3) is 0 Å². The summed E-state index contributed by atoms with van der Waals surface area (Å²) in [7, 11) is 0. The van der Waals surface area contributed by atoms with Crippen LogP contribution in [0.15, 0.2) is 48.5 Å². The van der Waals surface area contributed by atoms with Crippen molar-refractivity contribution in [3.8, 4) is 0 Å². The van der Waals surface area contributed by atoms with Gasteiger partial charge in [-0.25, -0.2) is 4.39 Å². The number of carbonyl (C=O) groups excluding carboxylic acids is 1. The Morgan fingerprint density at radius 3 is 2.00 bits per heavy atom. The molecule has 0 spiro atoms. The van der Waals surface area contributed by atoms with Crippen LogP contribution in [0.2, 0.25) is 0 Å². The zero-order valence-electron chi connectivity index (χ0n) is 16.5. The van der Waals surface area contributed by atoms with Crippen LogP contribution in [0.1, 0.15) is 36.7 Å². The summed E-state index contributed by atoms with van der Waals surface area (Å²) in [6, 6.07) is 14.0. The van der Waals surface area contributed by atoms with Crippen LogP contribution in [0, 0.1) is 5.82 Å². The number of benzene rings is 2. The average molecular weight is 400 g/mol. The molecule has 6 heteroatoms. The predicted molar refractivity (Wildman–Crippen MR) is 115 cm³/mol. The Morgan fingerprint density at radius 1 is 0.929 bits per heavy atom. The molecule has 0 radical (unpaired) electrons. The first kappa shape index (κ1) is 20.3. The Balaban J connectivity index is 1.53. The monoisotopic (exact) mass is 399 g/mol. The van der Waals surface area contributed by atoms with Gasteiger partial charge in [0.05, 0.1) is 0 Å². The number of nitrogens with one attached hydrogen (secondary N) is 1. The lowest BCUT2D eigenvalue weighted by atomic mass is 9.87. The molecular weight excluding hydrogens is 373 g/mol. The Labute approximate surface area is 171 Å². The van der Waals surface area contributed by atoms with E-state index in [1.807, 2.05) is 12.1 Å². The van der Waals surface area contributed by atoms with Crippen molar-refractivity contribution in [1.82, 2.24) is 9.80 Å². The molecule has 0 bridgehead atoms. The van der Waals surface area contributed by atoms with Crippen molar-refractivity contribution >= 4 is 28.9 Å². The first-order valence-corrected chi connectivity index (χ1v) is 9.86. The normalized spacial score (nSPS) is 14.7. The van der Waals surface area contributed by atoms with E-state index in [0.29, 0.717) is 36.9 Å². The van der Waals surface area contributed by atoms with Gasteiger partial charge in [0, 0.05) is 37.4 Å². The first-order chi connectivity index (χ1) is 13.2. The summed E-state index contributed by atoms with van der Waals surface area (Å²) < 4.78 is 13.0. The summed E-state index contributed by atoms with van der Waals surface area (Å²) in [4.78, 5) is 16.4. The third-order valence-corrected chi connectivity index (χ3v) is 5.31. The number of carbonyl (C=O) groups is 1. The average Bonchev–Trinajstić information content (AvgIpc) is 2.68. The van der Waals surface area contributed by atoms with E-state index in [9.17, 15) is 9.18 Å². The van der Waals surface area contributed by atoms with Crippen molar-refractivity contribution in [1.29, 1.82) is 0 Å². The molecule has 1 N–H and O–H groups in total. The zero-order chi connectivity index (χ0) is 20.3. The summed E-state index contributed by atoms with van der Waals surface area (Å²) in [5, 5.41) is 3.95. The summed E-state index contributed by atoms with van der Waals surface area (Å²) in [5.74, 6) is -0.412. The van der Waals surface area contributed by atoms with Gasteiger partial charge >= 0.3 is 0 Å². The van der Waals surface area contributed by atoms with E-state index in [2.05, 4.69) is 43.1 Å². The number of rotatable bonds is 2. The quantitative estimate of drug-likeness (QED) is 0.765. The molecule has 1 heterocycles. The van der Waals surface area contributed by atoms with Crippen molar-refractivity contribution in [3.63, 3.8) is 0 Å². The lowest BCUT2D eigenvalue weighted by Gasteiger charge is -2.36. The summed E-state index contributed by atoms with van der Waals surface area (Å²) in [5.41, 5.74) is 2.86. The van der Waals surface area contributed by atoms with Crippen LogP contribution in [-0.4, -0.2) is 47.0 Å². The molecule has 3 rings (SSSR count). The van der Waals surface area contributed by atoms with Crippen LogP contribution < -0.4 is 5.32 Å². The fourth-order valence-corrected chi connectivity index (χ4v) is 3.44. The zero-order valence-corrected chi connectivity index (χ0v) is 17.4. The van der Waals surface area contributed by atoms with E-state index in [-0.39, 0.29) is 17.1 Å². The lowest BCUT2D eigenvalue weighted by Crippen LogP contribution is -2.51. The molecule has 0 atom stereocenters. The molecule has 4 nitrogen and oxygen atoms in total. The Bertz CT molecular complexity index is 836. The van der Waals surface area contributed by atoms with Gasteiger partial charge in [0.1, 0.15) is 5.82 Å². The summed E-state index contributed by atoms with van der Waals surface area (Å²) >= 11 is 5.54. The smallest absolute Gasteiger partial charge is 0.253 e. The minimum Gasteiger partial charge on any atom is -0.345 e. The maximum atomic E-state index is 13.0. The fourth-order valence-electron chi connectivity index (χ4n) is 3.14. The molecule has 0 aliphatic carbocycles. The Hall–Kier alpha value is -2.47. The van der Waals surface area contributed by atoms with Crippen molar-refractivity contribution in [2.75, 3.05) is 31.5 Å². The molecule has 2 aromatic rings. The number of nitrogens with zero attached hydrogens (tertiary/aromatic N) is 2. The van der Waals surface area contributed by atoms with Gasteiger partial charge in [-0.2, -0.15) is 0 Å². The van der Waals surface area contributed by atoms with Crippen LogP contribution >= 0.6 is 12.2 Å². The van der Waals surface area contributed by atoms with Crippen LogP contribution in [0.4, 0.5) is 10.1 Å². The molecule has 28 heavy (non-hydrogen) atoms. The number of amides is 1. The van der Waals surface area contributed by atoms with E-state index in [0.717, 1.165) is 5.69 Å². The third kappa shape index (κ3) is 4.87. The molecule has 1 aliphatic rings. The van der Waals surface area contributed by atoms with Gasteiger partial charge in [0.25, 0.3) is 5.91 Å². The fraction of sp³-hybridized carbons (Fsp3) is 0.364. The minimum absolute atomic E-state index is 0.0729. The van der Waals surface area contributed by atoms with Crippen molar-refractivity contribution in [2.24, 2.45) is 0 Å². The van der Waals surface area contributed by atoms with Gasteiger partial charge in [-0.15, -0.1) is 0 Å². The van der Waals surface area contributed by atoms with Gasteiger partial charge < -0.3 is 15.1 Å². The largest absolute Gasteiger partial charge is 0.345 e. The highest BCUT2D eigenvalue weighted by Gasteiger charge is 2.23. The van der Waals surface area contributed by atoms with Gasteiger partial charge in [-0.1, -0.05) is 32.9 Å². The highest BCUT2D eigenvalue weighted by atomic mass is 32.1. The third-order valence-electron chi connectivity index (χ3n) is 4.95. The number of piperazine rings is 1. The number of hydrogen-bond acceptors (Lipinski definition) is 2. The second-order valence-corrected chi connectivity index (χ2v) is 8.43. The van der Waals surface area contributed by atoms with Crippen molar-refractivity contribution < 1.29 is 9.18 Å². The molecule has 1 amide bonds. The highest BCUT2D eigenvalue weighted by Crippen LogP contribution is 2.23. The second kappa shape index (κ2) is 8.27. The number of thiocarbonyl (C=S) groups is 1. The molecule has 0 unspecified atom stereocenters. The van der Waals surface area contributed by atoms with E-state index in [4.69, 9.17) is 12.2 Å². The number of hydrogen-bond donors (Lipinski definition) is 1. The molecule has 2 aromatic carbocycles. The maximum absolute atomic E-state index is 13.0. The summed E-state index contributed by atoms with van der Waals surface area (Å²) in [6.07, 6.45) is 0. The summed E-state index contributed by atoms with van der Waals surface area (Å²) in [6.45, 7) is 9.06. The number of anilines is 1. The van der Waals surface area contributed by atoms with Crippen LogP contribution in [0.3, 0.4) is 0 Å². The van der Waals surface area contributed by atoms with E-state index < -0.39 is 0 Å². The molecule has 1 saturated heterocycles. The van der Waals surface area contributed by atoms with Crippen LogP contribution in [-0.2, 0) is 5.41 Å². The standard InChI is InChI=1S/C22H26FN3OS/c1-22(2,3)17-6-10-19(11-7-17)24-21(28)26-14-12-25(13-15-26)20(27)16-4-8-18(23)9-5-16/h4-11H,12-15H2,1-3H3,(H,24,28). The molecule has 1 aliphatic heterocycles. The van der Waals surface area contributed by atoms with Gasteiger partial charge in [-0.05, 0) is 59.6 Å². The topological polar surface area (TPSA) is 35.6 Å². The molecular formula is C22H26FN3OS. The molecule has 148 valence electrons. The molecule has 0 aromatic heterocycles. The Kier molecular flexibility index (Phi) is 5.98. The van der Waals surface area contributed by atoms with E-state index in [1.54, 1.807) is 4.90 Å². The second-order valence-electron chi connectivity index (χ2n) is 8.04. The van der Waals surface area contributed by atoms with Gasteiger partial charge in [0.15, 0.2) is 5.11 Å². The van der Waals surface area contributed by atoms with E-state index in [1.165, 1.54) is 29.8 Å². The first-order valence-electron chi connectivity index (χ1n) is 9.45. The Morgan fingerprint density at radius 2 is 1.46 bits per heavy atom. The predicted octanol–water partition coefficient (Wildman–Crippen LogP) is 4.28. The highest BCUT2D eigenvalue weighted by molar-refractivity contribution is 7.80. The molecule has 0 saturated carbocycles. The maximum Gasteiger partial charge on any atom is 0.253 e.